The Hall–Kier alpha value is -3.22. The molecule has 1 aromatic heterocycles. The molecule has 3 aromatic rings. The van der Waals surface area contributed by atoms with Gasteiger partial charge in [-0.25, -0.2) is 12.8 Å². The number of nitrogens with zero attached hydrogens (tertiary/aromatic N) is 1. The average molecular weight is 415 g/mol. The number of carbonyl (C=O) groups is 1. The van der Waals surface area contributed by atoms with Crippen molar-refractivity contribution >= 4 is 33.0 Å². The Morgan fingerprint density at radius 3 is 2.57 bits per heavy atom. The van der Waals surface area contributed by atoms with Gasteiger partial charge in [-0.3, -0.25) is 9.52 Å². The molecule has 6 nitrogen and oxygen atoms in total. The number of hydrogen-bond donors (Lipinski definition) is 2. The molecule has 0 aliphatic rings. The van der Waals surface area contributed by atoms with E-state index in [0.717, 1.165) is 11.3 Å². The number of nitriles is 1. The zero-order valence-electron chi connectivity index (χ0n) is 14.3. The first-order valence-electron chi connectivity index (χ1n) is 8.02. The molecule has 0 spiro atoms. The molecular formula is C19H14FN3O3S2. The number of anilines is 1. The summed E-state index contributed by atoms with van der Waals surface area (Å²) in [5.74, 6) is -1.24. The quantitative estimate of drug-likeness (QED) is 0.641. The maximum Gasteiger partial charge on any atom is 0.271 e. The van der Waals surface area contributed by atoms with E-state index in [4.69, 9.17) is 0 Å². The second-order valence-electron chi connectivity index (χ2n) is 5.68. The minimum atomic E-state index is -3.75. The van der Waals surface area contributed by atoms with Gasteiger partial charge in [0, 0.05) is 16.8 Å². The molecule has 0 fully saturated rings. The van der Waals surface area contributed by atoms with Gasteiger partial charge >= 0.3 is 0 Å². The van der Waals surface area contributed by atoms with Gasteiger partial charge in [-0.05, 0) is 35.7 Å². The van der Waals surface area contributed by atoms with Gasteiger partial charge in [-0.15, -0.1) is 11.3 Å². The molecule has 2 N–H and O–H groups in total. The summed E-state index contributed by atoms with van der Waals surface area (Å²) in [6.45, 7) is 0. The van der Waals surface area contributed by atoms with Crippen LogP contribution in [0.25, 0.3) is 0 Å². The van der Waals surface area contributed by atoms with Crippen LogP contribution in [0.4, 0.5) is 10.1 Å². The van der Waals surface area contributed by atoms with E-state index in [1.54, 1.807) is 17.5 Å². The molecule has 1 unspecified atom stereocenters. The van der Waals surface area contributed by atoms with Gasteiger partial charge in [-0.2, -0.15) is 5.26 Å². The molecule has 0 saturated carbocycles. The van der Waals surface area contributed by atoms with Crippen LogP contribution >= 0.6 is 11.3 Å². The van der Waals surface area contributed by atoms with Crippen molar-refractivity contribution in [3.8, 4) is 6.07 Å². The van der Waals surface area contributed by atoms with E-state index >= 15 is 0 Å². The molecule has 0 radical (unpaired) electrons. The molecule has 0 aliphatic carbocycles. The van der Waals surface area contributed by atoms with Gasteiger partial charge in [0.2, 0.25) is 0 Å². The highest BCUT2D eigenvalue weighted by Gasteiger charge is 2.19. The number of hydrogen-bond acceptors (Lipinski definition) is 5. The van der Waals surface area contributed by atoms with Gasteiger partial charge in [0.05, 0.1) is 6.07 Å². The molecule has 0 aliphatic heterocycles. The standard InChI is InChI=1S/C19H14FN3O3S2/c20-16-8-2-1-7-15(16)17(12-21)22-19(24)13-5-3-6-14(11-13)23-28(25,26)18-9-4-10-27-18/h1-11,17,23H,(H,22,24). The monoisotopic (exact) mass is 415 g/mol. The number of amides is 1. The summed E-state index contributed by atoms with van der Waals surface area (Å²) in [6.07, 6.45) is 0. The fourth-order valence-corrected chi connectivity index (χ4v) is 4.49. The van der Waals surface area contributed by atoms with Crippen molar-refractivity contribution in [1.82, 2.24) is 5.32 Å². The van der Waals surface area contributed by atoms with Crippen LogP contribution in [0.5, 0.6) is 0 Å². The predicted molar refractivity (Wildman–Crippen MR) is 104 cm³/mol. The fourth-order valence-electron chi connectivity index (χ4n) is 2.45. The zero-order chi connectivity index (χ0) is 20.1. The summed E-state index contributed by atoms with van der Waals surface area (Å²) >= 11 is 1.07. The SMILES string of the molecule is N#CC(NC(=O)c1cccc(NS(=O)(=O)c2cccs2)c1)c1ccccc1F. The Morgan fingerprint density at radius 2 is 1.89 bits per heavy atom. The predicted octanol–water partition coefficient (Wildman–Crippen LogP) is 3.68. The van der Waals surface area contributed by atoms with Crippen molar-refractivity contribution in [3.63, 3.8) is 0 Å². The van der Waals surface area contributed by atoms with Crippen LogP contribution in [-0.4, -0.2) is 14.3 Å². The second kappa shape index (κ2) is 8.21. The van der Waals surface area contributed by atoms with Crippen molar-refractivity contribution in [2.75, 3.05) is 4.72 Å². The van der Waals surface area contributed by atoms with Crippen LogP contribution in [0.1, 0.15) is 22.0 Å². The van der Waals surface area contributed by atoms with Gasteiger partial charge < -0.3 is 5.32 Å². The van der Waals surface area contributed by atoms with E-state index in [2.05, 4.69) is 10.0 Å². The number of sulfonamides is 1. The number of carbonyl (C=O) groups excluding carboxylic acids is 1. The smallest absolute Gasteiger partial charge is 0.271 e. The lowest BCUT2D eigenvalue weighted by Crippen LogP contribution is -2.28. The summed E-state index contributed by atoms with van der Waals surface area (Å²) in [5, 5.41) is 13.4. The highest BCUT2D eigenvalue weighted by Crippen LogP contribution is 2.21. The lowest BCUT2D eigenvalue weighted by atomic mass is 10.1. The summed E-state index contributed by atoms with van der Waals surface area (Å²) in [4.78, 5) is 12.5. The van der Waals surface area contributed by atoms with E-state index in [1.165, 1.54) is 48.5 Å². The molecule has 1 atom stereocenters. The minimum absolute atomic E-state index is 0.0490. The first-order chi connectivity index (χ1) is 13.4. The zero-order valence-corrected chi connectivity index (χ0v) is 15.9. The minimum Gasteiger partial charge on any atom is -0.332 e. The molecular weight excluding hydrogens is 401 g/mol. The molecule has 9 heteroatoms. The average Bonchev–Trinajstić information content (AvgIpc) is 3.22. The number of thiophene rings is 1. The second-order valence-corrected chi connectivity index (χ2v) is 8.53. The number of benzene rings is 2. The van der Waals surface area contributed by atoms with Gasteiger partial charge in [0.25, 0.3) is 15.9 Å². The molecule has 2 aromatic carbocycles. The highest BCUT2D eigenvalue weighted by atomic mass is 32.2. The van der Waals surface area contributed by atoms with Crippen LogP contribution in [-0.2, 0) is 10.0 Å². The normalized spacial score (nSPS) is 12.0. The lowest BCUT2D eigenvalue weighted by Gasteiger charge is -2.13. The van der Waals surface area contributed by atoms with E-state index < -0.39 is 27.8 Å². The molecule has 28 heavy (non-hydrogen) atoms. The van der Waals surface area contributed by atoms with Crippen LogP contribution in [0.3, 0.4) is 0 Å². The highest BCUT2D eigenvalue weighted by molar-refractivity contribution is 7.94. The Bertz CT molecular complexity index is 1140. The van der Waals surface area contributed by atoms with E-state index in [9.17, 15) is 22.9 Å². The van der Waals surface area contributed by atoms with Crippen LogP contribution in [0, 0.1) is 17.1 Å². The molecule has 0 bridgehead atoms. The van der Waals surface area contributed by atoms with E-state index in [1.807, 2.05) is 6.07 Å². The Labute approximate surface area is 165 Å². The van der Waals surface area contributed by atoms with Crippen molar-refractivity contribution in [2.24, 2.45) is 0 Å². The first kappa shape index (κ1) is 19.5. The largest absolute Gasteiger partial charge is 0.332 e. The van der Waals surface area contributed by atoms with E-state index in [-0.39, 0.29) is 21.0 Å². The summed E-state index contributed by atoms with van der Waals surface area (Å²) in [5.41, 5.74) is 0.372. The van der Waals surface area contributed by atoms with Gasteiger partial charge in [0.15, 0.2) is 0 Å². The van der Waals surface area contributed by atoms with Crippen molar-refractivity contribution < 1.29 is 17.6 Å². The lowest BCUT2D eigenvalue weighted by molar-refractivity contribution is 0.0944. The van der Waals surface area contributed by atoms with Crippen LogP contribution in [0.15, 0.2) is 70.3 Å². The number of nitrogens with one attached hydrogen (secondary N) is 2. The Kier molecular flexibility index (Phi) is 5.73. The summed E-state index contributed by atoms with van der Waals surface area (Å²) in [6, 6.07) is 15.2. The Morgan fingerprint density at radius 1 is 1.11 bits per heavy atom. The van der Waals surface area contributed by atoms with Crippen LogP contribution in [0.2, 0.25) is 0 Å². The topological polar surface area (TPSA) is 99.1 Å². The van der Waals surface area contributed by atoms with E-state index in [0.29, 0.717) is 0 Å². The van der Waals surface area contributed by atoms with Gasteiger partial charge in [0.1, 0.15) is 16.1 Å². The summed E-state index contributed by atoms with van der Waals surface area (Å²) in [7, 11) is -3.75. The maximum atomic E-state index is 13.9. The molecule has 142 valence electrons. The van der Waals surface area contributed by atoms with Crippen LogP contribution < -0.4 is 10.0 Å². The third kappa shape index (κ3) is 4.36. The number of rotatable bonds is 6. The molecule has 3 rings (SSSR count). The summed E-state index contributed by atoms with van der Waals surface area (Å²) < 4.78 is 41.0. The molecule has 0 saturated heterocycles. The molecule has 1 amide bonds. The van der Waals surface area contributed by atoms with Crippen molar-refractivity contribution in [3.05, 3.63) is 83.0 Å². The first-order valence-corrected chi connectivity index (χ1v) is 10.4. The number of halogens is 1. The maximum absolute atomic E-state index is 13.9. The van der Waals surface area contributed by atoms with Crippen molar-refractivity contribution in [1.29, 1.82) is 5.26 Å². The van der Waals surface area contributed by atoms with Crippen molar-refractivity contribution in [2.45, 2.75) is 10.3 Å². The van der Waals surface area contributed by atoms with Gasteiger partial charge in [-0.1, -0.05) is 30.3 Å². The third-order valence-electron chi connectivity index (χ3n) is 3.76. The third-order valence-corrected chi connectivity index (χ3v) is 6.54. The fraction of sp³-hybridized carbons (Fsp3) is 0.0526. The Balaban J connectivity index is 1.79. The molecule has 1 heterocycles.